The molecule has 2 nitrogen and oxygen atoms in total. The molecule has 0 radical (unpaired) electrons. The number of anilines is 1. The lowest BCUT2D eigenvalue weighted by Gasteiger charge is -2.12. The first-order valence-corrected chi connectivity index (χ1v) is 17.6. The van der Waals surface area contributed by atoms with Gasteiger partial charge < -0.3 is 5.01 Å². The average Bonchev–Trinajstić information content (AvgIpc) is 3.01. The van der Waals surface area contributed by atoms with E-state index >= 15 is 0 Å². The molecular weight excluding hydrogens is 563 g/mol. The van der Waals surface area contributed by atoms with Crippen LogP contribution in [0.3, 0.4) is 0 Å². The summed E-state index contributed by atoms with van der Waals surface area (Å²) in [5.74, 6) is 5.58. The fourth-order valence-corrected chi connectivity index (χ4v) is 5.39. The van der Waals surface area contributed by atoms with Crippen molar-refractivity contribution < 1.29 is 0 Å². The Morgan fingerprint density at radius 3 is 1.67 bits per heavy atom. The number of hydrogen-bond acceptors (Lipinski definition) is 2. The van der Waals surface area contributed by atoms with Crippen LogP contribution < -0.4 is 16.2 Å². The monoisotopic (exact) mass is 633 g/mol. The van der Waals surface area contributed by atoms with Crippen LogP contribution in [0.25, 0.3) is 5.57 Å². The highest BCUT2D eigenvalue weighted by atomic mass is 31.0. The smallest absolute Gasteiger partial charge is 0.0514 e. The predicted octanol–water partition coefficient (Wildman–Crippen LogP) is 12.2. The quantitative estimate of drug-likeness (QED) is 0.0594. The highest BCUT2D eigenvalue weighted by Crippen LogP contribution is 2.20. The highest BCUT2D eigenvalue weighted by Gasteiger charge is 2.05. The summed E-state index contributed by atoms with van der Waals surface area (Å²) in [5, 5.41) is 2.84. The van der Waals surface area contributed by atoms with E-state index in [9.17, 15) is 0 Å². The maximum atomic E-state index is 5.58. The van der Waals surface area contributed by atoms with Crippen molar-refractivity contribution in [2.75, 3.05) is 12.1 Å². The van der Waals surface area contributed by atoms with Crippen molar-refractivity contribution in [1.82, 2.24) is 0 Å². The molecule has 0 amide bonds. The number of hydrazine groups is 1. The Labute approximate surface area is 282 Å². The number of nitrogens with zero attached hydrogens (tertiary/aromatic N) is 1. The molecule has 1 atom stereocenters. The van der Waals surface area contributed by atoms with Crippen LogP contribution in [0.2, 0.25) is 0 Å². The third-order valence-electron chi connectivity index (χ3n) is 7.20. The number of aryl methyl sites for hydroxylation is 2. The van der Waals surface area contributed by atoms with Gasteiger partial charge in [-0.2, -0.15) is 0 Å². The third kappa shape index (κ3) is 20.1. The molecule has 45 heavy (non-hydrogen) atoms. The van der Waals surface area contributed by atoms with Crippen molar-refractivity contribution in [2.24, 2.45) is 5.84 Å². The topological polar surface area (TPSA) is 29.3 Å². The highest BCUT2D eigenvalue weighted by molar-refractivity contribution is 7.27. The van der Waals surface area contributed by atoms with Crippen molar-refractivity contribution >= 4 is 25.8 Å². The van der Waals surface area contributed by atoms with Gasteiger partial charge in [0.1, 0.15) is 0 Å². The molecule has 0 aliphatic rings. The molecule has 0 aliphatic carbocycles. The molecule has 3 heteroatoms. The number of unbranched alkanes of at least 4 members (excludes halogenated alkanes) is 7. The second-order valence-corrected chi connectivity index (χ2v) is 11.9. The van der Waals surface area contributed by atoms with E-state index in [1.54, 1.807) is 5.01 Å². The van der Waals surface area contributed by atoms with E-state index in [0.717, 1.165) is 18.5 Å². The Balaban J connectivity index is 0. The Kier molecular flexibility index (Phi) is 27.3. The van der Waals surface area contributed by atoms with Crippen LogP contribution in [-0.4, -0.2) is 7.05 Å². The largest absolute Gasteiger partial charge is 0.314 e. The summed E-state index contributed by atoms with van der Waals surface area (Å²) in [6, 6.07) is 23.9. The van der Waals surface area contributed by atoms with Gasteiger partial charge in [0.2, 0.25) is 0 Å². The molecule has 0 fully saturated rings. The van der Waals surface area contributed by atoms with Gasteiger partial charge in [-0.15, -0.1) is 9.24 Å². The van der Waals surface area contributed by atoms with Gasteiger partial charge in [0.15, 0.2) is 0 Å². The summed E-state index contributed by atoms with van der Waals surface area (Å²) in [7, 11) is 4.67. The maximum absolute atomic E-state index is 5.58. The first kappa shape index (κ1) is 44.5. The lowest BCUT2D eigenvalue weighted by atomic mass is 9.97. The molecule has 0 aliphatic heterocycles. The van der Waals surface area contributed by atoms with Crippen LogP contribution in [0, 0.1) is 6.92 Å². The number of rotatable bonds is 15. The van der Waals surface area contributed by atoms with Gasteiger partial charge in [-0.1, -0.05) is 166 Å². The minimum atomic E-state index is 0. The van der Waals surface area contributed by atoms with E-state index in [-0.39, 0.29) is 7.43 Å². The van der Waals surface area contributed by atoms with Crippen molar-refractivity contribution in [3.05, 3.63) is 113 Å². The fourth-order valence-electron chi connectivity index (χ4n) is 4.83. The summed E-state index contributed by atoms with van der Waals surface area (Å²) in [6.45, 7) is 22.6. The van der Waals surface area contributed by atoms with E-state index in [2.05, 4.69) is 90.8 Å². The molecule has 0 heterocycles. The van der Waals surface area contributed by atoms with Gasteiger partial charge in [0, 0.05) is 7.05 Å². The first-order chi connectivity index (χ1) is 21.2. The van der Waals surface area contributed by atoms with Crippen molar-refractivity contribution in [3.63, 3.8) is 0 Å². The Bertz CT molecular complexity index is 1160. The zero-order valence-electron chi connectivity index (χ0n) is 29.6. The predicted molar refractivity (Wildman–Crippen MR) is 213 cm³/mol. The minimum absolute atomic E-state index is 0. The Morgan fingerprint density at radius 1 is 0.711 bits per heavy atom. The van der Waals surface area contributed by atoms with Crippen molar-refractivity contribution in [1.29, 1.82) is 0 Å². The van der Waals surface area contributed by atoms with Crippen LogP contribution in [0.4, 0.5) is 5.69 Å². The summed E-state index contributed by atoms with van der Waals surface area (Å²) in [4.78, 5) is 0. The molecule has 0 bridgehead atoms. The lowest BCUT2D eigenvalue weighted by Crippen LogP contribution is -2.24. The molecule has 0 spiro atoms. The number of hydrogen-bond donors (Lipinski definition) is 1. The number of allylic oxidation sites excluding steroid dienone is 2. The molecule has 1 unspecified atom stereocenters. The normalized spacial score (nSPS) is 9.64. The lowest BCUT2D eigenvalue weighted by molar-refractivity contribution is 0.575. The van der Waals surface area contributed by atoms with E-state index < -0.39 is 0 Å². The van der Waals surface area contributed by atoms with Gasteiger partial charge >= 0.3 is 0 Å². The van der Waals surface area contributed by atoms with Crippen LogP contribution in [0.15, 0.2) is 85.5 Å². The van der Waals surface area contributed by atoms with Crippen molar-refractivity contribution in [3.8, 4) is 0 Å². The first-order valence-electron chi connectivity index (χ1n) is 17.0. The van der Waals surface area contributed by atoms with E-state index in [1.807, 2.05) is 53.8 Å². The van der Waals surface area contributed by atoms with Gasteiger partial charge in [-0.3, -0.25) is 0 Å². The van der Waals surface area contributed by atoms with Crippen LogP contribution >= 0.6 is 9.24 Å². The second kappa shape index (κ2) is 27.6. The Hall–Kier alpha value is -2.67. The molecule has 2 N–H and O–H groups in total. The number of benzene rings is 3. The molecule has 0 saturated heterocycles. The second-order valence-electron chi connectivity index (χ2n) is 11.3. The fraction of sp³-hybridized carbons (Fsp3) is 0.476. The van der Waals surface area contributed by atoms with Crippen LogP contribution in [0.5, 0.6) is 0 Å². The number of nitrogens with two attached hydrogens (primary N) is 1. The molecule has 3 aromatic carbocycles. The SMILES string of the molecule is C.C=C(C)Cc1ccc(N(C)N)cc1.C=C(Cc1ccc(CCCCCCCCCC)cc1)c1ccc(C)cc1P.CC.CC. The molecule has 252 valence electrons. The average molecular weight is 633 g/mol. The standard InChI is InChI=1S/C26H37P.C11H16N2.2C2H6.CH4/c1-4-5-6-7-8-9-10-11-12-23-14-16-24(17-15-23)20-22(3)25-18-13-21(2)19-26(25)27;1-9(2)8-10-4-6-11(7-5-10)13(3)12;2*1-2;/h13-19H,3-12,20,27H2,1-2H3;4-7H,1,8,12H2,2-3H3;2*1-2H3;1H4. The minimum Gasteiger partial charge on any atom is -0.314 e. The van der Waals surface area contributed by atoms with Gasteiger partial charge in [0.25, 0.3) is 0 Å². The molecule has 3 rings (SSSR count). The summed E-state index contributed by atoms with van der Waals surface area (Å²) >= 11 is 0. The van der Waals surface area contributed by atoms with E-state index in [0.29, 0.717) is 0 Å². The van der Waals surface area contributed by atoms with Crippen LogP contribution in [0.1, 0.15) is 128 Å². The van der Waals surface area contributed by atoms with Gasteiger partial charge in [0.05, 0.1) is 5.69 Å². The van der Waals surface area contributed by atoms with Gasteiger partial charge in [-0.25, -0.2) is 5.84 Å². The van der Waals surface area contributed by atoms with E-state index in [1.165, 1.54) is 102 Å². The molecule has 3 aromatic rings. The van der Waals surface area contributed by atoms with Crippen LogP contribution in [-0.2, 0) is 19.3 Å². The maximum Gasteiger partial charge on any atom is 0.0514 e. The summed E-state index contributed by atoms with van der Waals surface area (Å²) in [5.41, 5.74) is 10.0. The zero-order valence-corrected chi connectivity index (χ0v) is 30.8. The van der Waals surface area contributed by atoms with Crippen molar-refractivity contribution in [2.45, 2.75) is 127 Å². The molecular formula is C42H69N2P. The van der Waals surface area contributed by atoms with E-state index in [4.69, 9.17) is 5.84 Å². The third-order valence-corrected chi connectivity index (χ3v) is 7.67. The molecule has 0 aromatic heterocycles. The zero-order chi connectivity index (χ0) is 33.3. The Morgan fingerprint density at radius 2 is 1.18 bits per heavy atom. The summed E-state index contributed by atoms with van der Waals surface area (Å²) in [6.07, 6.45) is 14.2. The molecule has 0 saturated carbocycles. The van der Waals surface area contributed by atoms with Gasteiger partial charge in [-0.05, 0) is 84.8 Å². The summed E-state index contributed by atoms with van der Waals surface area (Å²) < 4.78 is 0.